The molecule has 0 aliphatic heterocycles. The second-order valence-electron chi connectivity index (χ2n) is 6.26. The Labute approximate surface area is 161 Å². The molecule has 0 bridgehead atoms. The minimum atomic E-state index is 0. The van der Waals surface area contributed by atoms with Crippen molar-refractivity contribution >= 4 is 41.3 Å². The van der Waals surface area contributed by atoms with Crippen molar-refractivity contribution in [2.45, 2.75) is 45.6 Å². The first-order valence-electron chi connectivity index (χ1n) is 8.15. The van der Waals surface area contributed by atoms with E-state index >= 15 is 0 Å². The van der Waals surface area contributed by atoms with Crippen LogP contribution in [0, 0.1) is 12.3 Å². The topological polar surface area (TPSA) is 45.7 Å². The number of hydrogen-bond acceptors (Lipinski definition) is 3. The van der Waals surface area contributed by atoms with Crippen molar-refractivity contribution in [2.75, 3.05) is 27.3 Å². The van der Waals surface area contributed by atoms with Gasteiger partial charge in [0.25, 0.3) is 0 Å². The van der Waals surface area contributed by atoms with Crippen molar-refractivity contribution in [3.63, 3.8) is 0 Å². The van der Waals surface area contributed by atoms with Crippen LogP contribution in [0.3, 0.4) is 0 Å². The van der Waals surface area contributed by atoms with E-state index in [1.807, 2.05) is 7.05 Å². The molecule has 23 heavy (non-hydrogen) atoms. The van der Waals surface area contributed by atoms with E-state index in [4.69, 9.17) is 4.74 Å². The van der Waals surface area contributed by atoms with Gasteiger partial charge in [0.05, 0.1) is 6.54 Å². The van der Waals surface area contributed by atoms with E-state index in [0.29, 0.717) is 5.41 Å². The molecule has 6 heteroatoms. The maximum absolute atomic E-state index is 5.30. The maximum Gasteiger partial charge on any atom is 0.191 e. The van der Waals surface area contributed by atoms with Crippen molar-refractivity contribution < 1.29 is 4.74 Å². The number of ether oxygens (including phenoxy) is 1. The fraction of sp³-hybridized carbons (Fsp3) is 0.706. The highest BCUT2D eigenvalue weighted by atomic mass is 127. The molecule has 1 aromatic rings. The van der Waals surface area contributed by atoms with Crippen LogP contribution in [0.2, 0.25) is 0 Å². The third-order valence-corrected chi connectivity index (χ3v) is 5.76. The second kappa shape index (κ2) is 10.5. The third-order valence-electron chi connectivity index (χ3n) is 4.74. The molecule has 0 saturated heterocycles. The zero-order valence-corrected chi connectivity index (χ0v) is 17.6. The summed E-state index contributed by atoms with van der Waals surface area (Å²) < 4.78 is 5.30. The molecular formula is C17H30IN3OS. The molecule has 0 unspecified atom stereocenters. The van der Waals surface area contributed by atoms with E-state index in [1.54, 1.807) is 18.4 Å². The van der Waals surface area contributed by atoms with E-state index in [9.17, 15) is 0 Å². The smallest absolute Gasteiger partial charge is 0.191 e. The molecule has 0 aromatic carbocycles. The molecule has 1 aliphatic rings. The molecule has 1 aliphatic carbocycles. The van der Waals surface area contributed by atoms with Crippen molar-refractivity contribution in [3.05, 3.63) is 21.9 Å². The van der Waals surface area contributed by atoms with Crippen LogP contribution in [-0.2, 0) is 11.3 Å². The second-order valence-corrected chi connectivity index (χ2v) is 7.26. The average molecular weight is 451 g/mol. The summed E-state index contributed by atoms with van der Waals surface area (Å²) >= 11 is 1.79. The van der Waals surface area contributed by atoms with Crippen molar-refractivity contribution in [1.29, 1.82) is 0 Å². The molecule has 132 valence electrons. The Kier molecular flexibility index (Phi) is 9.46. The van der Waals surface area contributed by atoms with Crippen LogP contribution < -0.4 is 10.6 Å². The van der Waals surface area contributed by atoms with E-state index in [0.717, 1.165) is 32.1 Å². The zero-order chi connectivity index (χ0) is 15.8. The minimum absolute atomic E-state index is 0. The number of aryl methyl sites for hydroxylation is 1. The van der Waals surface area contributed by atoms with Gasteiger partial charge in [0.15, 0.2) is 5.96 Å². The fourth-order valence-corrected chi connectivity index (χ4v) is 4.05. The molecule has 0 radical (unpaired) electrons. The summed E-state index contributed by atoms with van der Waals surface area (Å²) in [4.78, 5) is 5.73. The highest BCUT2D eigenvalue weighted by molar-refractivity contribution is 14.0. The quantitative estimate of drug-likeness (QED) is 0.375. The van der Waals surface area contributed by atoms with Crippen molar-refractivity contribution in [3.8, 4) is 0 Å². The van der Waals surface area contributed by atoms with Crippen LogP contribution in [0.4, 0.5) is 0 Å². The number of methoxy groups -OCH3 is 1. The summed E-state index contributed by atoms with van der Waals surface area (Å²) in [5.74, 6) is 0.900. The maximum atomic E-state index is 5.30. The lowest BCUT2D eigenvalue weighted by Crippen LogP contribution is -2.43. The normalized spacial score (nSPS) is 16.9. The lowest BCUT2D eigenvalue weighted by molar-refractivity contribution is 0.138. The van der Waals surface area contributed by atoms with Gasteiger partial charge in [0.1, 0.15) is 0 Å². The Morgan fingerprint density at radius 1 is 1.35 bits per heavy atom. The first kappa shape index (κ1) is 20.7. The van der Waals surface area contributed by atoms with Crippen LogP contribution in [-0.4, -0.2) is 33.3 Å². The molecule has 1 fully saturated rings. The minimum Gasteiger partial charge on any atom is -0.385 e. The Morgan fingerprint density at radius 2 is 2.09 bits per heavy atom. The molecule has 0 amide bonds. The van der Waals surface area contributed by atoms with Gasteiger partial charge in [-0.25, -0.2) is 0 Å². The van der Waals surface area contributed by atoms with E-state index in [1.165, 1.54) is 36.1 Å². The van der Waals surface area contributed by atoms with Crippen LogP contribution >= 0.6 is 35.3 Å². The van der Waals surface area contributed by atoms with Gasteiger partial charge in [0.2, 0.25) is 0 Å². The van der Waals surface area contributed by atoms with Gasteiger partial charge in [0, 0.05) is 32.2 Å². The van der Waals surface area contributed by atoms with Crippen LogP contribution in [0.25, 0.3) is 0 Å². The number of guanidine groups is 1. The predicted molar refractivity (Wildman–Crippen MR) is 110 cm³/mol. The van der Waals surface area contributed by atoms with Gasteiger partial charge < -0.3 is 15.4 Å². The number of rotatable bonds is 7. The first-order chi connectivity index (χ1) is 10.7. The van der Waals surface area contributed by atoms with Crippen LogP contribution in [0.5, 0.6) is 0 Å². The number of aliphatic imine (C=N–C) groups is 1. The highest BCUT2D eigenvalue weighted by Crippen LogP contribution is 2.40. The fourth-order valence-electron chi connectivity index (χ4n) is 3.20. The Bertz CT molecular complexity index is 484. The standard InChI is InChI=1S/C17H29N3OS.HI/c1-14-6-11-22-15(14)12-19-16(18-2)20-13-17(9-10-21-3)7-4-5-8-17;/h6,11H,4-5,7-10,12-13H2,1-3H3,(H2,18,19,20);1H. The summed E-state index contributed by atoms with van der Waals surface area (Å²) in [6, 6.07) is 2.16. The van der Waals surface area contributed by atoms with Gasteiger partial charge in [-0.15, -0.1) is 35.3 Å². The molecule has 0 atom stereocenters. The number of nitrogens with zero attached hydrogens (tertiary/aromatic N) is 1. The summed E-state index contributed by atoms with van der Waals surface area (Å²) in [5.41, 5.74) is 1.73. The molecule has 2 rings (SSSR count). The van der Waals surface area contributed by atoms with Gasteiger partial charge >= 0.3 is 0 Å². The van der Waals surface area contributed by atoms with Gasteiger partial charge in [-0.05, 0) is 48.6 Å². The summed E-state index contributed by atoms with van der Waals surface area (Å²) in [5, 5.41) is 9.10. The average Bonchev–Trinajstić information content (AvgIpc) is 3.15. The first-order valence-corrected chi connectivity index (χ1v) is 9.03. The van der Waals surface area contributed by atoms with E-state index < -0.39 is 0 Å². The lowest BCUT2D eigenvalue weighted by atomic mass is 9.83. The molecule has 4 nitrogen and oxygen atoms in total. The molecule has 1 heterocycles. The number of halogens is 1. The third kappa shape index (κ3) is 6.23. The Morgan fingerprint density at radius 3 is 2.65 bits per heavy atom. The highest BCUT2D eigenvalue weighted by Gasteiger charge is 2.33. The van der Waals surface area contributed by atoms with Crippen molar-refractivity contribution in [1.82, 2.24) is 10.6 Å². The predicted octanol–water partition coefficient (Wildman–Crippen LogP) is 3.94. The van der Waals surface area contributed by atoms with E-state index in [2.05, 4.69) is 34.0 Å². The SMILES string of the molecule is CN=C(NCc1sccc1C)NCC1(CCOC)CCCC1.I. The van der Waals surface area contributed by atoms with Crippen LogP contribution in [0.15, 0.2) is 16.4 Å². The molecule has 2 N–H and O–H groups in total. The molecular weight excluding hydrogens is 421 g/mol. The van der Waals surface area contributed by atoms with Crippen molar-refractivity contribution in [2.24, 2.45) is 10.4 Å². The zero-order valence-electron chi connectivity index (χ0n) is 14.5. The summed E-state index contributed by atoms with van der Waals surface area (Å²) in [7, 11) is 3.63. The van der Waals surface area contributed by atoms with Gasteiger partial charge in [-0.1, -0.05) is 12.8 Å². The Hall–Kier alpha value is -0.340. The number of nitrogens with one attached hydrogen (secondary N) is 2. The summed E-state index contributed by atoms with van der Waals surface area (Å²) in [6.45, 7) is 4.83. The molecule has 0 spiro atoms. The van der Waals surface area contributed by atoms with Gasteiger partial charge in [-0.3, -0.25) is 4.99 Å². The molecule has 1 saturated carbocycles. The number of hydrogen-bond donors (Lipinski definition) is 2. The monoisotopic (exact) mass is 451 g/mol. The van der Waals surface area contributed by atoms with Crippen LogP contribution in [0.1, 0.15) is 42.5 Å². The lowest BCUT2D eigenvalue weighted by Gasteiger charge is -2.29. The molecule has 1 aromatic heterocycles. The summed E-state index contributed by atoms with van der Waals surface area (Å²) in [6.07, 6.45) is 6.41. The number of thiophene rings is 1. The van der Waals surface area contributed by atoms with E-state index in [-0.39, 0.29) is 24.0 Å². The largest absolute Gasteiger partial charge is 0.385 e. The Balaban J connectivity index is 0.00000264. The van der Waals surface area contributed by atoms with Gasteiger partial charge in [-0.2, -0.15) is 0 Å².